The van der Waals surface area contributed by atoms with Crippen LogP contribution >= 0.6 is 31.9 Å². The molecule has 27 heavy (non-hydrogen) atoms. The molecule has 0 N–H and O–H groups in total. The Morgan fingerprint density at radius 3 is 1.37 bits per heavy atom. The highest BCUT2D eigenvalue weighted by molar-refractivity contribution is 9.12. The molecule has 0 heterocycles. The number of carbonyl (C=O) groups excluding carboxylic acids is 1. The van der Waals surface area contributed by atoms with Crippen molar-refractivity contribution in [3.8, 4) is 0 Å². The summed E-state index contributed by atoms with van der Waals surface area (Å²) >= 11 is 1.96. The van der Waals surface area contributed by atoms with Crippen molar-refractivity contribution < 1.29 is 71.3 Å². The lowest BCUT2D eigenvalue weighted by Gasteiger charge is -2.39. The topological polar surface area (TPSA) is 35.5 Å². The van der Waals surface area contributed by atoms with Gasteiger partial charge in [0.25, 0.3) is 0 Å². The molecule has 1 unspecified atom stereocenters. The monoisotopic (exact) mass is 564 g/mol. The summed E-state index contributed by atoms with van der Waals surface area (Å²) in [5.74, 6) is -33.5. The van der Waals surface area contributed by atoms with E-state index in [9.17, 15) is 61.9 Å². The van der Waals surface area contributed by atoms with E-state index in [1.807, 2.05) is 0 Å². The van der Waals surface area contributed by atoms with Crippen molar-refractivity contribution in [2.45, 2.75) is 39.4 Å². The molecule has 0 amide bonds. The first-order valence-electron chi connectivity index (χ1n) is 5.56. The first-order chi connectivity index (χ1) is 11.4. The maximum absolute atomic E-state index is 13.3. The molecule has 0 fully saturated rings. The van der Waals surface area contributed by atoms with Crippen LogP contribution in [0.1, 0.15) is 0 Å². The molecule has 0 aromatic carbocycles. The maximum Gasteiger partial charge on any atom is 0.429 e. The van der Waals surface area contributed by atoms with Gasteiger partial charge in [-0.2, -0.15) is 57.1 Å². The first kappa shape index (κ1) is 26.5. The highest BCUT2D eigenvalue weighted by Crippen LogP contribution is 2.59. The SMILES string of the molecule is COC(=O)C(F)(F)C(F)(F)C(F)(F)C(F)(F)C(F)(F)OC(F)(Br)C(F)(F)Br. The Morgan fingerprint density at radius 2 is 1.07 bits per heavy atom. The van der Waals surface area contributed by atoms with Crippen molar-refractivity contribution in [3.63, 3.8) is 0 Å². The summed E-state index contributed by atoms with van der Waals surface area (Å²) in [5.41, 5.74) is 0. The average molecular weight is 566 g/mol. The van der Waals surface area contributed by atoms with Gasteiger partial charge in [-0.15, -0.1) is 0 Å². The third kappa shape index (κ3) is 4.11. The Hall–Kier alpha value is -0.520. The standard InChI is InChI=1S/C9H3Br2F13O3/c1-26-2(25)3(12,13)4(14,15)5(16,17)6(18,19)9(23,24)27-8(11,22)7(10,20)21/h1H3. The van der Waals surface area contributed by atoms with Crippen molar-refractivity contribution >= 4 is 37.8 Å². The zero-order valence-electron chi connectivity index (χ0n) is 11.9. The molecule has 1 atom stereocenters. The van der Waals surface area contributed by atoms with E-state index in [2.05, 4.69) is 9.47 Å². The quantitative estimate of drug-likeness (QED) is 0.227. The molecular formula is C9H3Br2F13O3. The van der Waals surface area contributed by atoms with Gasteiger partial charge in [-0.25, -0.2) is 4.79 Å². The minimum atomic E-state index is -7.86. The number of carbonyl (C=O) groups is 1. The Balaban J connectivity index is 6.27. The van der Waals surface area contributed by atoms with Gasteiger partial charge in [-0.1, -0.05) is 0 Å². The minimum Gasteiger partial charge on any atom is -0.464 e. The minimum absolute atomic E-state index is 0.0688. The van der Waals surface area contributed by atoms with Crippen molar-refractivity contribution in [3.05, 3.63) is 0 Å². The lowest BCUT2D eigenvalue weighted by molar-refractivity contribution is -0.462. The van der Waals surface area contributed by atoms with Gasteiger partial charge < -0.3 is 4.74 Å². The molecule has 18 heteroatoms. The fraction of sp³-hybridized carbons (Fsp3) is 0.889. The van der Waals surface area contributed by atoms with Crippen LogP contribution in [0.3, 0.4) is 0 Å². The van der Waals surface area contributed by atoms with Gasteiger partial charge in [0.2, 0.25) is 0 Å². The fourth-order valence-corrected chi connectivity index (χ4v) is 1.40. The van der Waals surface area contributed by atoms with E-state index >= 15 is 0 Å². The summed E-state index contributed by atoms with van der Waals surface area (Å²) in [6.45, 7) is 0. The molecule has 0 saturated heterocycles. The number of methoxy groups -OCH3 is 1. The third-order valence-electron chi connectivity index (χ3n) is 2.58. The van der Waals surface area contributed by atoms with E-state index in [0.29, 0.717) is 0 Å². The van der Waals surface area contributed by atoms with Crippen LogP contribution < -0.4 is 0 Å². The molecule has 0 aliphatic heterocycles. The highest BCUT2D eigenvalue weighted by Gasteiger charge is 2.89. The Bertz CT molecular complexity index is 572. The number of rotatable bonds is 8. The summed E-state index contributed by atoms with van der Waals surface area (Å²) < 4.78 is 170. The predicted octanol–water partition coefficient (Wildman–Crippen LogP) is 5.32. The zero-order valence-corrected chi connectivity index (χ0v) is 15.1. The van der Waals surface area contributed by atoms with Crippen molar-refractivity contribution in [1.82, 2.24) is 0 Å². The average Bonchev–Trinajstić information content (AvgIpc) is 2.42. The van der Waals surface area contributed by atoms with Crippen molar-refractivity contribution in [2.75, 3.05) is 7.11 Å². The fourth-order valence-electron chi connectivity index (χ4n) is 1.12. The normalized spacial score (nSPS) is 17.5. The van der Waals surface area contributed by atoms with E-state index in [-0.39, 0.29) is 7.11 Å². The van der Waals surface area contributed by atoms with Crippen molar-refractivity contribution in [2.24, 2.45) is 0 Å². The molecule has 0 saturated carbocycles. The van der Waals surface area contributed by atoms with Crippen molar-refractivity contribution in [1.29, 1.82) is 0 Å². The smallest absolute Gasteiger partial charge is 0.429 e. The Kier molecular flexibility index (Phi) is 6.93. The predicted molar refractivity (Wildman–Crippen MR) is 64.5 cm³/mol. The van der Waals surface area contributed by atoms with E-state index in [4.69, 9.17) is 0 Å². The lowest BCUT2D eigenvalue weighted by Crippen LogP contribution is -2.70. The maximum atomic E-state index is 13.3. The number of hydrogen-bond donors (Lipinski definition) is 0. The second-order valence-electron chi connectivity index (χ2n) is 4.42. The summed E-state index contributed by atoms with van der Waals surface area (Å²) in [5, 5.41) is 0. The number of hydrogen-bond acceptors (Lipinski definition) is 3. The summed E-state index contributed by atoms with van der Waals surface area (Å²) in [4.78, 5) is 5.12. The van der Waals surface area contributed by atoms with Crippen LogP contribution in [0.15, 0.2) is 0 Å². The second-order valence-corrected chi connectivity index (χ2v) is 6.44. The lowest BCUT2D eigenvalue weighted by atomic mass is 9.97. The molecule has 0 rings (SSSR count). The van der Waals surface area contributed by atoms with Crippen LogP contribution in [-0.4, -0.2) is 52.5 Å². The van der Waals surface area contributed by atoms with Crippen LogP contribution in [0.5, 0.6) is 0 Å². The Labute approximate surface area is 156 Å². The molecular weight excluding hydrogens is 563 g/mol. The van der Waals surface area contributed by atoms with Crippen LogP contribution in [0.2, 0.25) is 0 Å². The van der Waals surface area contributed by atoms with Gasteiger partial charge in [-0.3, -0.25) is 4.74 Å². The largest absolute Gasteiger partial charge is 0.464 e. The van der Waals surface area contributed by atoms with Gasteiger partial charge in [0.05, 0.1) is 7.11 Å². The van der Waals surface area contributed by atoms with Gasteiger partial charge in [-0.05, 0) is 31.9 Å². The number of ether oxygens (including phenoxy) is 2. The van der Waals surface area contributed by atoms with Gasteiger partial charge in [0.1, 0.15) is 0 Å². The molecule has 0 radical (unpaired) electrons. The summed E-state index contributed by atoms with van der Waals surface area (Å²) in [6.07, 6.45) is -7.25. The van der Waals surface area contributed by atoms with Gasteiger partial charge >= 0.3 is 45.4 Å². The molecule has 0 aliphatic rings. The molecule has 0 aromatic heterocycles. The third-order valence-corrected chi connectivity index (χ3v) is 4.28. The zero-order chi connectivity index (χ0) is 22.5. The van der Waals surface area contributed by atoms with Crippen LogP contribution in [0, 0.1) is 0 Å². The molecule has 0 bridgehead atoms. The first-order valence-corrected chi connectivity index (χ1v) is 7.15. The number of halogens is 15. The summed E-state index contributed by atoms with van der Waals surface area (Å²) in [7, 11) is -0.0688. The molecule has 162 valence electrons. The van der Waals surface area contributed by atoms with Gasteiger partial charge in [0, 0.05) is 0 Å². The van der Waals surface area contributed by atoms with E-state index in [0.717, 1.165) is 31.9 Å². The summed E-state index contributed by atoms with van der Waals surface area (Å²) in [6, 6.07) is 0. The van der Waals surface area contributed by atoms with Crippen LogP contribution in [0.25, 0.3) is 0 Å². The second kappa shape index (κ2) is 7.07. The Morgan fingerprint density at radius 1 is 0.704 bits per heavy atom. The molecule has 3 nitrogen and oxygen atoms in total. The van der Waals surface area contributed by atoms with E-state index in [1.54, 1.807) is 0 Å². The van der Waals surface area contributed by atoms with Crippen LogP contribution in [0.4, 0.5) is 57.1 Å². The van der Waals surface area contributed by atoms with Gasteiger partial charge in [0.15, 0.2) is 0 Å². The van der Waals surface area contributed by atoms with Crippen LogP contribution in [-0.2, 0) is 14.3 Å². The number of alkyl halides is 15. The molecule has 0 aromatic rings. The highest BCUT2D eigenvalue weighted by atomic mass is 79.9. The molecule has 0 aliphatic carbocycles. The number of esters is 1. The molecule has 0 spiro atoms. The van der Waals surface area contributed by atoms with E-state index < -0.39 is 45.4 Å². The van der Waals surface area contributed by atoms with E-state index in [1.165, 1.54) is 0 Å².